The number of pyridine rings is 1. The van der Waals surface area contributed by atoms with Gasteiger partial charge in [0, 0.05) is 17.3 Å². The minimum Gasteiger partial charge on any atom is -0.365 e. The van der Waals surface area contributed by atoms with Crippen LogP contribution in [0.2, 0.25) is 0 Å². The van der Waals surface area contributed by atoms with Gasteiger partial charge in [-0.1, -0.05) is 0 Å². The van der Waals surface area contributed by atoms with Gasteiger partial charge in [0.25, 0.3) is 5.91 Å². The van der Waals surface area contributed by atoms with Crippen molar-refractivity contribution in [3.05, 3.63) is 52.6 Å². The molecule has 0 aliphatic rings. The van der Waals surface area contributed by atoms with E-state index in [9.17, 15) is 14.4 Å². The van der Waals surface area contributed by atoms with Gasteiger partial charge >= 0.3 is 0 Å². The van der Waals surface area contributed by atoms with Crippen molar-refractivity contribution in [1.29, 1.82) is 0 Å². The molecule has 2 heterocycles. The van der Waals surface area contributed by atoms with Gasteiger partial charge in [-0.2, -0.15) is 4.57 Å². The van der Waals surface area contributed by atoms with E-state index in [4.69, 9.17) is 5.73 Å². The molecule has 0 aromatic carbocycles. The fourth-order valence-electron chi connectivity index (χ4n) is 2.57. The normalized spacial score (nSPS) is 10.5. The van der Waals surface area contributed by atoms with Crippen LogP contribution in [0.5, 0.6) is 0 Å². The number of primary amides is 1. The van der Waals surface area contributed by atoms with E-state index in [0.29, 0.717) is 28.1 Å². The Morgan fingerprint density at radius 2 is 1.95 bits per heavy atom. The van der Waals surface area contributed by atoms with E-state index in [0.717, 1.165) is 0 Å². The number of hydrogen-bond acceptors (Lipinski definition) is 3. The quantitative estimate of drug-likeness (QED) is 0.639. The number of hydrogen-bond donors (Lipinski definition) is 2. The number of aryl methyl sites for hydroxylation is 1. The molecule has 0 spiro atoms. The average Bonchev–Trinajstić information content (AvgIpc) is 2.74. The summed E-state index contributed by atoms with van der Waals surface area (Å²) in [7, 11) is 0. The van der Waals surface area contributed by atoms with Crippen molar-refractivity contribution in [2.75, 3.05) is 0 Å². The number of nitrogens with zero attached hydrogens (tertiary/aromatic N) is 1. The van der Waals surface area contributed by atoms with Crippen molar-refractivity contribution in [2.24, 2.45) is 5.73 Å². The van der Waals surface area contributed by atoms with Crippen LogP contribution in [-0.2, 0) is 6.54 Å². The third kappa shape index (κ3) is 2.95. The van der Waals surface area contributed by atoms with Gasteiger partial charge in [0.05, 0.1) is 5.69 Å². The molecule has 0 saturated heterocycles. The molecule has 0 atom stereocenters. The number of nitrogens with two attached hydrogens (primary N) is 1. The Hall–Kier alpha value is -2.76. The third-order valence-corrected chi connectivity index (χ3v) is 3.54. The summed E-state index contributed by atoms with van der Waals surface area (Å²) in [6.45, 7) is 5.04. The van der Waals surface area contributed by atoms with E-state index in [1.807, 2.05) is 0 Å². The van der Waals surface area contributed by atoms with Gasteiger partial charge in [0.1, 0.15) is 5.56 Å². The molecular formula is C16H18N3O3+. The van der Waals surface area contributed by atoms with Gasteiger partial charge in [0.2, 0.25) is 12.3 Å². The predicted molar refractivity (Wildman–Crippen MR) is 79.8 cm³/mol. The van der Waals surface area contributed by atoms with Crippen molar-refractivity contribution in [3.8, 4) is 0 Å². The summed E-state index contributed by atoms with van der Waals surface area (Å²) in [5.74, 6) is -0.791. The summed E-state index contributed by atoms with van der Waals surface area (Å²) in [6.07, 6.45) is 3.21. The first-order valence-corrected chi connectivity index (χ1v) is 6.83. The second kappa shape index (κ2) is 5.93. The topological polar surface area (TPSA) is 96.9 Å². The summed E-state index contributed by atoms with van der Waals surface area (Å²) in [6, 6.07) is 3.24. The zero-order valence-corrected chi connectivity index (χ0v) is 12.8. The first-order valence-electron chi connectivity index (χ1n) is 6.83. The molecular weight excluding hydrogens is 282 g/mol. The molecule has 2 aromatic heterocycles. The van der Waals surface area contributed by atoms with Crippen molar-refractivity contribution < 1.29 is 19.0 Å². The number of rotatable bonds is 5. The summed E-state index contributed by atoms with van der Waals surface area (Å²) in [4.78, 5) is 38.2. The molecule has 2 aromatic rings. The molecule has 0 aliphatic heterocycles. The second-order valence-electron chi connectivity index (χ2n) is 5.23. The lowest BCUT2D eigenvalue weighted by molar-refractivity contribution is -0.683. The number of carbonyl (C=O) groups excluding carboxylic acids is 3. The van der Waals surface area contributed by atoms with Gasteiger partial charge in [-0.15, -0.1) is 0 Å². The molecule has 2 rings (SSSR count). The Morgan fingerprint density at radius 1 is 1.27 bits per heavy atom. The van der Waals surface area contributed by atoms with E-state index >= 15 is 0 Å². The van der Waals surface area contributed by atoms with Crippen LogP contribution in [-0.4, -0.2) is 22.5 Å². The summed E-state index contributed by atoms with van der Waals surface area (Å²) < 4.78 is 1.59. The van der Waals surface area contributed by atoms with Crippen LogP contribution >= 0.6 is 0 Å². The van der Waals surface area contributed by atoms with Crippen LogP contribution in [0.1, 0.15) is 49.4 Å². The number of ketones is 2. The van der Waals surface area contributed by atoms with E-state index in [1.165, 1.54) is 13.1 Å². The second-order valence-corrected chi connectivity index (χ2v) is 5.23. The lowest BCUT2D eigenvalue weighted by Gasteiger charge is -1.99. The predicted octanol–water partition coefficient (Wildman–Crippen LogP) is 1.10. The Morgan fingerprint density at radius 3 is 2.50 bits per heavy atom. The van der Waals surface area contributed by atoms with Crippen molar-refractivity contribution in [1.82, 2.24) is 4.98 Å². The number of aromatic nitrogens is 2. The van der Waals surface area contributed by atoms with Crippen molar-refractivity contribution >= 4 is 17.5 Å². The molecule has 3 N–H and O–H groups in total. The Kier molecular flexibility index (Phi) is 4.21. The highest BCUT2D eigenvalue weighted by Gasteiger charge is 2.22. The van der Waals surface area contributed by atoms with Gasteiger partial charge in [-0.05, 0) is 32.4 Å². The lowest BCUT2D eigenvalue weighted by atomic mass is 10.1. The fourth-order valence-corrected chi connectivity index (χ4v) is 2.57. The zero-order chi connectivity index (χ0) is 16.4. The molecule has 0 saturated carbocycles. The molecule has 22 heavy (non-hydrogen) atoms. The van der Waals surface area contributed by atoms with Crippen molar-refractivity contribution in [2.45, 2.75) is 27.3 Å². The number of nitrogens with one attached hydrogen (secondary N) is 1. The molecule has 0 radical (unpaired) electrons. The highest BCUT2D eigenvalue weighted by molar-refractivity contribution is 6.02. The van der Waals surface area contributed by atoms with Crippen LogP contribution in [0.3, 0.4) is 0 Å². The van der Waals surface area contributed by atoms with Crippen LogP contribution in [0.4, 0.5) is 0 Å². The average molecular weight is 300 g/mol. The first kappa shape index (κ1) is 15.6. The van der Waals surface area contributed by atoms with Gasteiger partial charge in [-0.3, -0.25) is 14.4 Å². The number of carbonyl (C=O) groups is 3. The minimum absolute atomic E-state index is 0.0548. The minimum atomic E-state index is -0.549. The lowest BCUT2D eigenvalue weighted by Crippen LogP contribution is -2.38. The number of H-pyrrole nitrogens is 1. The van der Waals surface area contributed by atoms with Crippen LogP contribution in [0.15, 0.2) is 24.5 Å². The van der Waals surface area contributed by atoms with E-state index in [-0.39, 0.29) is 18.1 Å². The SMILES string of the molecule is CC(=O)c1c(C)[nH]c(C(=O)C[n+]2cccc(C(N)=O)c2)c1C. The Bertz CT molecular complexity index is 775. The maximum atomic E-state index is 12.4. The van der Waals surface area contributed by atoms with Crippen LogP contribution < -0.4 is 10.3 Å². The standard InChI is InChI=1S/C16H17N3O3/c1-9-14(11(3)20)10(2)18-15(9)13(21)8-19-6-4-5-12(7-19)16(17)22/h4-7H,8H2,1-3H3,(H2-,17,18,20,21,22)/p+1. The highest BCUT2D eigenvalue weighted by atomic mass is 16.1. The van der Waals surface area contributed by atoms with Gasteiger partial charge in [-0.25, -0.2) is 0 Å². The maximum Gasteiger partial charge on any atom is 0.254 e. The number of amides is 1. The van der Waals surface area contributed by atoms with E-state index in [2.05, 4.69) is 4.98 Å². The summed E-state index contributed by atoms with van der Waals surface area (Å²) in [5.41, 5.74) is 7.87. The van der Waals surface area contributed by atoms with Crippen molar-refractivity contribution in [3.63, 3.8) is 0 Å². The van der Waals surface area contributed by atoms with Gasteiger partial charge in [0.15, 0.2) is 18.2 Å². The molecule has 0 aliphatic carbocycles. The number of aromatic amines is 1. The summed E-state index contributed by atoms with van der Waals surface area (Å²) >= 11 is 0. The third-order valence-electron chi connectivity index (χ3n) is 3.54. The first-order chi connectivity index (χ1) is 10.3. The molecule has 114 valence electrons. The zero-order valence-electron chi connectivity index (χ0n) is 12.8. The summed E-state index contributed by atoms with van der Waals surface area (Å²) in [5, 5.41) is 0. The molecule has 1 amide bonds. The number of Topliss-reactive ketones (excluding diaryl/α,β-unsaturated/α-hetero) is 2. The van der Waals surface area contributed by atoms with E-state index < -0.39 is 5.91 Å². The monoisotopic (exact) mass is 300 g/mol. The van der Waals surface area contributed by atoms with Crippen LogP contribution in [0, 0.1) is 13.8 Å². The molecule has 0 fully saturated rings. The fraction of sp³-hybridized carbons (Fsp3) is 0.250. The van der Waals surface area contributed by atoms with Crippen LogP contribution in [0.25, 0.3) is 0 Å². The van der Waals surface area contributed by atoms with E-state index in [1.54, 1.807) is 36.7 Å². The highest BCUT2D eigenvalue weighted by Crippen LogP contribution is 2.18. The maximum absolute atomic E-state index is 12.4. The van der Waals surface area contributed by atoms with Gasteiger partial charge < -0.3 is 10.7 Å². The molecule has 0 unspecified atom stereocenters. The largest absolute Gasteiger partial charge is 0.365 e. The molecule has 0 bridgehead atoms. The smallest absolute Gasteiger partial charge is 0.254 e. The Balaban J connectivity index is 2.30. The molecule has 6 nitrogen and oxygen atoms in total. The Labute approximate surface area is 128 Å². The molecule has 6 heteroatoms.